The van der Waals surface area contributed by atoms with Crippen LogP contribution in [0.4, 0.5) is 0 Å². The number of nitrogens with two attached hydrogens (primary N) is 1. The van der Waals surface area contributed by atoms with Gasteiger partial charge in [0, 0.05) is 6.54 Å². The molecule has 0 bridgehead atoms. The van der Waals surface area contributed by atoms with Gasteiger partial charge >= 0.3 is 0 Å². The number of hydrogen-bond acceptors (Lipinski definition) is 3. The van der Waals surface area contributed by atoms with Crippen molar-refractivity contribution in [2.24, 2.45) is 5.73 Å². The summed E-state index contributed by atoms with van der Waals surface area (Å²) in [6.07, 6.45) is 0. The summed E-state index contributed by atoms with van der Waals surface area (Å²) in [6.45, 7) is 2.40. The van der Waals surface area contributed by atoms with Gasteiger partial charge in [0.05, 0.1) is 4.88 Å². The Balaban J connectivity index is 2.60. The summed E-state index contributed by atoms with van der Waals surface area (Å²) in [4.78, 5) is 12.2. The van der Waals surface area contributed by atoms with Crippen LogP contribution in [0.5, 0.6) is 0 Å². The van der Waals surface area contributed by atoms with Crippen molar-refractivity contribution in [1.29, 1.82) is 0 Å². The van der Waals surface area contributed by atoms with Gasteiger partial charge in [0.2, 0.25) is 0 Å². The Kier molecular flexibility index (Phi) is 3.84. The van der Waals surface area contributed by atoms with E-state index < -0.39 is 0 Å². The fourth-order valence-corrected chi connectivity index (χ4v) is 1.66. The fraction of sp³-hybridized carbons (Fsp3) is 0.250. The Morgan fingerprint density at radius 3 is 2.93 bits per heavy atom. The Labute approximate surface area is 91.7 Å². The average Bonchev–Trinajstić information content (AvgIpc) is 2.65. The van der Waals surface area contributed by atoms with E-state index >= 15 is 0 Å². The topological polar surface area (TPSA) is 58.4 Å². The zero-order valence-electron chi connectivity index (χ0n) is 7.69. The number of thiocarbonyl (C=S) groups is 1. The van der Waals surface area contributed by atoms with Crippen LogP contribution in [0.3, 0.4) is 0 Å². The molecule has 3 N–H and O–H groups in total. The molecule has 0 saturated heterocycles. The van der Waals surface area contributed by atoms with Crippen LogP contribution < -0.4 is 11.2 Å². The Hall–Kier alpha value is -1.14. The molecular formula is C8H11N3OS2. The monoisotopic (exact) mass is 229 g/mol. The molecule has 14 heavy (non-hydrogen) atoms. The minimum atomic E-state index is -0.186. The van der Waals surface area contributed by atoms with Crippen molar-refractivity contribution < 1.29 is 4.79 Å². The normalized spacial score (nSPS) is 9.50. The van der Waals surface area contributed by atoms with E-state index in [0.29, 0.717) is 11.4 Å². The standard InChI is InChI=1S/C8H11N3OS2/c1-2-11(8(9)13)10-7(12)6-4-3-5-14-6/h3-5H,2H2,1H3,(H2,9,13)(H,10,12). The number of carbonyl (C=O) groups is 1. The summed E-state index contributed by atoms with van der Waals surface area (Å²) < 4.78 is 0. The highest BCUT2D eigenvalue weighted by Gasteiger charge is 2.10. The lowest BCUT2D eigenvalue weighted by atomic mass is 10.4. The van der Waals surface area contributed by atoms with Gasteiger partial charge in [-0.25, -0.2) is 0 Å². The number of nitrogens with zero attached hydrogens (tertiary/aromatic N) is 1. The van der Waals surface area contributed by atoms with Crippen LogP contribution in [0.25, 0.3) is 0 Å². The predicted molar refractivity (Wildman–Crippen MR) is 61.0 cm³/mol. The molecule has 0 aliphatic rings. The highest BCUT2D eigenvalue weighted by molar-refractivity contribution is 7.80. The summed E-state index contributed by atoms with van der Waals surface area (Å²) in [5, 5.41) is 3.43. The summed E-state index contributed by atoms with van der Waals surface area (Å²) in [5.41, 5.74) is 8.00. The van der Waals surface area contributed by atoms with Gasteiger partial charge in [-0.15, -0.1) is 11.3 Å². The van der Waals surface area contributed by atoms with Crippen molar-refractivity contribution >= 4 is 34.6 Å². The largest absolute Gasteiger partial charge is 0.375 e. The maximum Gasteiger partial charge on any atom is 0.279 e. The molecule has 6 heteroatoms. The molecule has 0 spiro atoms. The first-order valence-electron chi connectivity index (χ1n) is 4.06. The number of amides is 1. The summed E-state index contributed by atoms with van der Waals surface area (Å²) in [6, 6.07) is 3.56. The molecule has 1 aromatic heterocycles. The van der Waals surface area contributed by atoms with Crippen LogP contribution in [-0.4, -0.2) is 22.6 Å². The van der Waals surface area contributed by atoms with Gasteiger partial charge < -0.3 is 5.73 Å². The minimum absolute atomic E-state index is 0.164. The van der Waals surface area contributed by atoms with Crippen LogP contribution in [0.15, 0.2) is 17.5 Å². The number of carbonyl (C=O) groups excluding carboxylic acids is 1. The third-order valence-electron chi connectivity index (χ3n) is 1.56. The molecule has 0 unspecified atom stereocenters. The summed E-state index contributed by atoms with van der Waals surface area (Å²) in [5.74, 6) is -0.186. The molecule has 0 atom stereocenters. The SMILES string of the molecule is CCN(NC(=O)c1cccs1)C(N)=S. The Morgan fingerprint density at radius 1 is 1.79 bits per heavy atom. The molecule has 1 amide bonds. The molecule has 1 rings (SSSR count). The van der Waals surface area contributed by atoms with Crippen molar-refractivity contribution in [3.05, 3.63) is 22.4 Å². The number of nitrogens with one attached hydrogen (secondary N) is 1. The van der Waals surface area contributed by atoms with Crippen LogP contribution >= 0.6 is 23.6 Å². The van der Waals surface area contributed by atoms with E-state index in [1.807, 2.05) is 18.4 Å². The third-order valence-corrected chi connectivity index (χ3v) is 2.65. The van der Waals surface area contributed by atoms with E-state index in [0.717, 1.165) is 0 Å². The first kappa shape index (κ1) is 10.9. The van der Waals surface area contributed by atoms with Crippen molar-refractivity contribution in [1.82, 2.24) is 10.4 Å². The molecule has 0 saturated carbocycles. The molecule has 4 nitrogen and oxygen atoms in total. The Bertz CT molecular complexity index is 323. The summed E-state index contributed by atoms with van der Waals surface area (Å²) >= 11 is 6.13. The molecule has 76 valence electrons. The van der Waals surface area contributed by atoms with E-state index in [1.165, 1.54) is 16.3 Å². The number of hydrazine groups is 1. The molecular weight excluding hydrogens is 218 g/mol. The highest BCUT2D eigenvalue weighted by Crippen LogP contribution is 2.07. The molecule has 1 aromatic rings. The molecule has 1 heterocycles. The van der Waals surface area contributed by atoms with Gasteiger partial charge in [-0.05, 0) is 30.6 Å². The first-order chi connectivity index (χ1) is 6.65. The summed E-state index contributed by atoms with van der Waals surface area (Å²) in [7, 11) is 0. The van der Waals surface area contributed by atoms with Gasteiger partial charge in [0.15, 0.2) is 5.11 Å². The lowest BCUT2D eigenvalue weighted by Gasteiger charge is -2.20. The van der Waals surface area contributed by atoms with Gasteiger partial charge in [-0.3, -0.25) is 15.2 Å². The van der Waals surface area contributed by atoms with Crippen molar-refractivity contribution in [2.45, 2.75) is 6.92 Å². The zero-order valence-corrected chi connectivity index (χ0v) is 9.32. The average molecular weight is 229 g/mol. The van der Waals surface area contributed by atoms with E-state index in [2.05, 4.69) is 5.43 Å². The number of rotatable bonds is 2. The molecule has 0 aliphatic carbocycles. The van der Waals surface area contributed by atoms with E-state index in [-0.39, 0.29) is 11.0 Å². The molecule has 0 radical (unpaired) electrons. The third kappa shape index (κ3) is 2.68. The van der Waals surface area contributed by atoms with E-state index in [9.17, 15) is 4.79 Å². The zero-order chi connectivity index (χ0) is 10.6. The fourth-order valence-electron chi connectivity index (χ4n) is 0.875. The van der Waals surface area contributed by atoms with Crippen LogP contribution in [0.1, 0.15) is 16.6 Å². The molecule has 0 fully saturated rings. The van der Waals surface area contributed by atoms with Crippen LogP contribution in [0, 0.1) is 0 Å². The smallest absolute Gasteiger partial charge is 0.279 e. The predicted octanol–water partition coefficient (Wildman–Crippen LogP) is 0.958. The van der Waals surface area contributed by atoms with Crippen LogP contribution in [-0.2, 0) is 0 Å². The number of thiophene rings is 1. The van der Waals surface area contributed by atoms with Crippen LogP contribution in [0.2, 0.25) is 0 Å². The lowest BCUT2D eigenvalue weighted by molar-refractivity contribution is 0.0879. The quantitative estimate of drug-likeness (QED) is 0.586. The van der Waals surface area contributed by atoms with Crippen molar-refractivity contribution in [3.63, 3.8) is 0 Å². The maximum absolute atomic E-state index is 11.5. The van der Waals surface area contributed by atoms with Gasteiger partial charge in [0.25, 0.3) is 5.91 Å². The molecule has 0 aromatic carbocycles. The second kappa shape index (κ2) is 4.92. The van der Waals surface area contributed by atoms with Gasteiger partial charge in [-0.2, -0.15) is 0 Å². The second-order valence-electron chi connectivity index (χ2n) is 2.50. The maximum atomic E-state index is 11.5. The van der Waals surface area contributed by atoms with Crippen molar-refractivity contribution in [2.75, 3.05) is 6.54 Å². The van der Waals surface area contributed by atoms with Crippen molar-refractivity contribution in [3.8, 4) is 0 Å². The molecule has 0 aliphatic heterocycles. The second-order valence-corrected chi connectivity index (χ2v) is 3.87. The van der Waals surface area contributed by atoms with E-state index in [4.69, 9.17) is 18.0 Å². The minimum Gasteiger partial charge on any atom is -0.375 e. The Morgan fingerprint density at radius 2 is 2.50 bits per heavy atom. The lowest BCUT2D eigenvalue weighted by Crippen LogP contribution is -2.48. The van der Waals surface area contributed by atoms with Gasteiger partial charge in [0.1, 0.15) is 0 Å². The highest BCUT2D eigenvalue weighted by atomic mass is 32.1. The van der Waals surface area contributed by atoms with Gasteiger partial charge in [-0.1, -0.05) is 6.07 Å². The first-order valence-corrected chi connectivity index (χ1v) is 5.35. The number of hydrogen-bond donors (Lipinski definition) is 2. The van der Waals surface area contributed by atoms with E-state index in [1.54, 1.807) is 6.07 Å².